The number of likely N-dealkylation sites (tertiary alicyclic amines) is 1. The Morgan fingerprint density at radius 2 is 1.96 bits per heavy atom. The van der Waals surface area contributed by atoms with Crippen LogP contribution in [0.2, 0.25) is 5.02 Å². The maximum Gasteiger partial charge on any atom is 0.258 e. The average Bonchev–Trinajstić information content (AvgIpc) is 3.17. The minimum Gasteiger partial charge on any atom is -0.484 e. The summed E-state index contributed by atoms with van der Waals surface area (Å²) in [5.41, 5.74) is 1.28. The van der Waals surface area contributed by atoms with Crippen LogP contribution in [0.5, 0.6) is 5.75 Å². The van der Waals surface area contributed by atoms with Crippen molar-refractivity contribution >= 4 is 28.8 Å². The molecule has 4 nitrogen and oxygen atoms in total. The molecule has 0 bridgehead atoms. The number of halogens is 1. The summed E-state index contributed by atoms with van der Waals surface area (Å²) in [6, 6.07) is 9.41. The van der Waals surface area contributed by atoms with Crippen molar-refractivity contribution in [3.63, 3.8) is 0 Å². The summed E-state index contributed by atoms with van der Waals surface area (Å²) in [4.78, 5) is 14.6. The molecule has 2 heterocycles. The molecular formula is C19H23ClN2O2S. The van der Waals surface area contributed by atoms with Gasteiger partial charge in [0.1, 0.15) is 5.75 Å². The summed E-state index contributed by atoms with van der Waals surface area (Å²) in [6.45, 7) is 2.81. The van der Waals surface area contributed by atoms with Gasteiger partial charge in [0.25, 0.3) is 5.91 Å². The van der Waals surface area contributed by atoms with Crippen LogP contribution in [0.3, 0.4) is 0 Å². The Hall–Kier alpha value is -1.56. The number of rotatable bonds is 7. The van der Waals surface area contributed by atoms with Crippen LogP contribution in [-0.2, 0) is 4.79 Å². The second kappa shape index (κ2) is 9.22. The van der Waals surface area contributed by atoms with Crippen molar-refractivity contribution < 1.29 is 9.53 Å². The summed E-state index contributed by atoms with van der Waals surface area (Å²) < 4.78 is 5.51. The predicted molar refractivity (Wildman–Crippen MR) is 102 cm³/mol. The Balaban J connectivity index is 1.51. The maximum atomic E-state index is 12.2. The molecule has 1 unspecified atom stereocenters. The first-order valence-corrected chi connectivity index (χ1v) is 9.95. The van der Waals surface area contributed by atoms with Crippen LogP contribution in [0.15, 0.2) is 41.1 Å². The van der Waals surface area contributed by atoms with Crippen molar-refractivity contribution in [2.75, 3.05) is 26.2 Å². The van der Waals surface area contributed by atoms with E-state index in [9.17, 15) is 4.79 Å². The summed E-state index contributed by atoms with van der Waals surface area (Å²) in [6.07, 6.45) is 3.76. The second-order valence-electron chi connectivity index (χ2n) is 6.22. The Kier molecular flexibility index (Phi) is 6.73. The predicted octanol–water partition coefficient (Wildman–Crippen LogP) is 4.12. The van der Waals surface area contributed by atoms with E-state index in [2.05, 4.69) is 27.0 Å². The largest absolute Gasteiger partial charge is 0.484 e. The van der Waals surface area contributed by atoms with Crippen LogP contribution >= 0.6 is 22.9 Å². The smallest absolute Gasteiger partial charge is 0.258 e. The highest BCUT2D eigenvalue weighted by Gasteiger charge is 2.23. The fraction of sp³-hybridized carbons (Fsp3) is 0.421. The van der Waals surface area contributed by atoms with Gasteiger partial charge in [-0.15, -0.1) is 0 Å². The van der Waals surface area contributed by atoms with Crippen LogP contribution in [0, 0.1) is 0 Å². The SMILES string of the molecule is O=C(COc1ccc(Cl)cc1)NCC(c1ccsc1)N1CCCCC1. The number of piperidine rings is 1. The molecule has 1 aromatic heterocycles. The molecule has 0 saturated carbocycles. The first-order valence-electron chi connectivity index (χ1n) is 8.63. The van der Waals surface area contributed by atoms with Gasteiger partial charge in [-0.2, -0.15) is 11.3 Å². The first-order chi connectivity index (χ1) is 12.2. The van der Waals surface area contributed by atoms with Crippen molar-refractivity contribution in [1.29, 1.82) is 0 Å². The molecule has 1 atom stereocenters. The van der Waals surface area contributed by atoms with Gasteiger partial charge in [-0.25, -0.2) is 0 Å². The standard InChI is InChI=1S/C19H23ClN2O2S/c20-16-4-6-17(7-5-16)24-13-19(23)21-12-18(15-8-11-25-14-15)22-9-2-1-3-10-22/h4-8,11,14,18H,1-3,9-10,12-13H2,(H,21,23). The lowest BCUT2D eigenvalue weighted by atomic mass is 10.0. The van der Waals surface area contributed by atoms with E-state index in [1.807, 2.05) is 0 Å². The Labute approximate surface area is 157 Å². The van der Waals surface area contributed by atoms with Crippen LogP contribution in [-0.4, -0.2) is 37.0 Å². The fourth-order valence-electron chi connectivity index (χ4n) is 3.09. The third kappa shape index (κ3) is 5.46. The number of carbonyl (C=O) groups is 1. The van der Waals surface area contributed by atoms with Crippen LogP contribution < -0.4 is 10.1 Å². The number of hydrogen-bond donors (Lipinski definition) is 1. The van der Waals surface area contributed by atoms with Crippen LogP contribution in [0.4, 0.5) is 0 Å². The van der Waals surface area contributed by atoms with Gasteiger partial charge in [0, 0.05) is 11.6 Å². The van der Waals surface area contributed by atoms with Gasteiger partial charge in [-0.1, -0.05) is 18.0 Å². The van der Waals surface area contributed by atoms with Crippen LogP contribution in [0.1, 0.15) is 30.9 Å². The zero-order chi connectivity index (χ0) is 17.5. The molecule has 1 amide bonds. The van der Waals surface area contributed by atoms with Gasteiger partial charge in [0.15, 0.2) is 6.61 Å². The van der Waals surface area contributed by atoms with Crippen LogP contribution in [0.25, 0.3) is 0 Å². The number of amides is 1. The lowest BCUT2D eigenvalue weighted by Gasteiger charge is -2.34. The Bertz CT molecular complexity index is 655. The molecule has 6 heteroatoms. The number of benzene rings is 1. The van der Waals surface area contributed by atoms with E-state index in [0.29, 0.717) is 17.3 Å². The van der Waals surface area contributed by atoms with Crippen molar-refractivity contribution in [3.05, 3.63) is 51.7 Å². The van der Waals surface area contributed by atoms with E-state index < -0.39 is 0 Å². The lowest BCUT2D eigenvalue weighted by Crippen LogP contribution is -2.41. The zero-order valence-corrected chi connectivity index (χ0v) is 15.7. The minimum atomic E-state index is -0.104. The van der Waals surface area contributed by atoms with E-state index in [1.54, 1.807) is 35.6 Å². The van der Waals surface area contributed by atoms with E-state index in [4.69, 9.17) is 16.3 Å². The summed E-state index contributed by atoms with van der Waals surface area (Å²) in [5, 5.41) is 7.94. The molecule has 134 valence electrons. The summed E-state index contributed by atoms with van der Waals surface area (Å²) in [7, 11) is 0. The molecule has 1 aliphatic heterocycles. The highest BCUT2D eigenvalue weighted by Crippen LogP contribution is 2.25. The van der Waals surface area contributed by atoms with E-state index >= 15 is 0 Å². The molecule has 0 radical (unpaired) electrons. The molecular weight excluding hydrogens is 356 g/mol. The summed E-state index contributed by atoms with van der Waals surface area (Å²) >= 11 is 7.54. The van der Waals surface area contributed by atoms with E-state index in [0.717, 1.165) is 13.1 Å². The van der Waals surface area contributed by atoms with Gasteiger partial charge in [-0.05, 0) is 72.6 Å². The normalized spacial score (nSPS) is 16.4. The van der Waals surface area contributed by atoms with E-state index in [1.165, 1.54) is 24.8 Å². The Morgan fingerprint density at radius 1 is 1.20 bits per heavy atom. The molecule has 1 fully saturated rings. The second-order valence-corrected chi connectivity index (χ2v) is 7.43. The molecule has 25 heavy (non-hydrogen) atoms. The number of nitrogens with zero attached hydrogens (tertiary/aromatic N) is 1. The number of thiophene rings is 1. The average molecular weight is 379 g/mol. The molecule has 1 aliphatic rings. The Morgan fingerprint density at radius 3 is 2.64 bits per heavy atom. The van der Waals surface area contributed by atoms with Crippen molar-refractivity contribution in [2.45, 2.75) is 25.3 Å². The summed E-state index contributed by atoms with van der Waals surface area (Å²) in [5.74, 6) is 0.539. The monoisotopic (exact) mass is 378 g/mol. The third-order valence-corrected chi connectivity index (χ3v) is 5.39. The highest BCUT2D eigenvalue weighted by molar-refractivity contribution is 7.07. The first kappa shape index (κ1) is 18.2. The molecule has 1 N–H and O–H groups in total. The minimum absolute atomic E-state index is 0.0119. The molecule has 1 aromatic carbocycles. The van der Waals surface area contributed by atoms with Crippen molar-refractivity contribution in [3.8, 4) is 5.75 Å². The molecule has 1 saturated heterocycles. The molecule has 0 aliphatic carbocycles. The maximum absolute atomic E-state index is 12.2. The van der Waals surface area contributed by atoms with Gasteiger partial charge >= 0.3 is 0 Å². The number of hydrogen-bond acceptors (Lipinski definition) is 4. The third-order valence-electron chi connectivity index (χ3n) is 4.44. The van der Waals surface area contributed by atoms with Gasteiger partial charge in [0.05, 0.1) is 6.04 Å². The molecule has 2 aromatic rings. The number of nitrogens with one attached hydrogen (secondary N) is 1. The van der Waals surface area contributed by atoms with Gasteiger partial charge in [-0.3, -0.25) is 9.69 Å². The topological polar surface area (TPSA) is 41.6 Å². The van der Waals surface area contributed by atoms with Gasteiger partial charge < -0.3 is 10.1 Å². The molecule has 3 rings (SSSR count). The number of carbonyl (C=O) groups excluding carboxylic acids is 1. The quantitative estimate of drug-likeness (QED) is 0.787. The highest BCUT2D eigenvalue weighted by atomic mass is 35.5. The fourth-order valence-corrected chi connectivity index (χ4v) is 3.93. The number of ether oxygens (including phenoxy) is 1. The lowest BCUT2D eigenvalue weighted by molar-refractivity contribution is -0.123. The zero-order valence-electron chi connectivity index (χ0n) is 14.1. The van der Waals surface area contributed by atoms with Crippen molar-refractivity contribution in [2.24, 2.45) is 0 Å². The van der Waals surface area contributed by atoms with Crippen molar-refractivity contribution in [1.82, 2.24) is 10.2 Å². The molecule has 0 spiro atoms. The van der Waals surface area contributed by atoms with E-state index in [-0.39, 0.29) is 18.6 Å². The van der Waals surface area contributed by atoms with Gasteiger partial charge in [0.2, 0.25) is 0 Å².